The Balaban J connectivity index is 1.56. The average Bonchev–Trinajstić information content (AvgIpc) is 3.46. The third-order valence-corrected chi connectivity index (χ3v) is 7.36. The van der Waals surface area contributed by atoms with Gasteiger partial charge in [-0.05, 0) is 31.9 Å². The van der Waals surface area contributed by atoms with Gasteiger partial charge in [-0.1, -0.05) is 12.1 Å². The highest BCUT2D eigenvalue weighted by atomic mass is 32.2. The molecule has 4 heterocycles. The van der Waals surface area contributed by atoms with Crippen LogP contribution in [0.25, 0.3) is 22.2 Å². The molecule has 2 N–H and O–H groups in total. The molecule has 0 bridgehead atoms. The number of aromatic nitrogens is 3. The van der Waals surface area contributed by atoms with Crippen molar-refractivity contribution in [1.29, 1.82) is 0 Å². The van der Waals surface area contributed by atoms with Crippen LogP contribution in [0.2, 0.25) is 0 Å². The molecule has 1 saturated heterocycles. The molecule has 1 aliphatic carbocycles. The molecular weight excluding hydrogens is 462 g/mol. The highest BCUT2D eigenvalue weighted by Crippen LogP contribution is 2.45. The van der Waals surface area contributed by atoms with E-state index < -0.39 is 12.6 Å². The Kier molecular flexibility index (Phi) is 4.89. The molecule has 8 nitrogen and oxygen atoms in total. The summed E-state index contributed by atoms with van der Waals surface area (Å²) in [5.41, 5.74) is 2.72. The number of fused-ring (bicyclic) bond motifs is 2. The maximum Gasteiger partial charge on any atom is 0.295 e. The Morgan fingerprint density at radius 1 is 1.21 bits per heavy atom. The zero-order valence-corrected chi connectivity index (χ0v) is 19.3. The Morgan fingerprint density at radius 3 is 2.68 bits per heavy atom. The molecule has 0 spiro atoms. The molecule has 2 amide bonds. The zero-order valence-electron chi connectivity index (χ0n) is 18.5. The number of pyridine rings is 1. The van der Waals surface area contributed by atoms with Crippen LogP contribution >= 0.6 is 11.9 Å². The molecule has 3 aromatic rings. The Labute approximate surface area is 198 Å². The van der Waals surface area contributed by atoms with Crippen molar-refractivity contribution in [3.8, 4) is 11.3 Å². The van der Waals surface area contributed by atoms with Crippen LogP contribution in [0, 0.1) is 0 Å². The number of alkyl halides is 2. The van der Waals surface area contributed by atoms with Crippen molar-refractivity contribution < 1.29 is 18.4 Å². The monoisotopic (exact) mass is 484 g/mol. The maximum absolute atomic E-state index is 14.1. The SMILES string of the molecule is CC1C(=O)N(C)Cc2c(-c3cccc4nc(C5NSC(=O)N5)c(C(F)F)cc34)nc(C3CC3)n21. The average molecular weight is 485 g/mol. The number of hydrogen-bond acceptors (Lipinski definition) is 6. The summed E-state index contributed by atoms with van der Waals surface area (Å²) in [4.78, 5) is 35.5. The predicted octanol–water partition coefficient (Wildman–Crippen LogP) is 4.41. The van der Waals surface area contributed by atoms with E-state index in [9.17, 15) is 18.4 Å². The van der Waals surface area contributed by atoms with Gasteiger partial charge in [0.25, 0.3) is 11.7 Å². The normalized spacial score (nSPS) is 22.6. The van der Waals surface area contributed by atoms with Crippen molar-refractivity contribution >= 4 is 34.0 Å². The fourth-order valence-corrected chi connectivity index (χ4v) is 5.47. The number of benzene rings is 1. The third-order valence-electron chi connectivity index (χ3n) is 6.70. The standard InChI is InChI=1S/C23H22F2N6O2S/c1-10-22(32)30(2)9-16-17(27-21(31(10)16)11-6-7-11)12-4-3-5-15-13(12)8-14(19(24)25)18(26-15)20-28-23(33)34-29-20/h3-5,8,10-11,19-20,29H,6-7,9H2,1-2H3,(H,28,33). The van der Waals surface area contributed by atoms with Crippen molar-refractivity contribution in [2.24, 2.45) is 0 Å². The molecule has 3 aliphatic rings. The predicted molar refractivity (Wildman–Crippen MR) is 123 cm³/mol. The van der Waals surface area contributed by atoms with E-state index in [4.69, 9.17) is 4.98 Å². The van der Waals surface area contributed by atoms with Crippen LogP contribution in [0.5, 0.6) is 0 Å². The molecule has 11 heteroatoms. The summed E-state index contributed by atoms with van der Waals surface area (Å²) in [6.07, 6.45) is -1.51. The molecule has 2 aromatic heterocycles. The Morgan fingerprint density at radius 2 is 2.00 bits per heavy atom. The third kappa shape index (κ3) is 3.29. The van der Waals surface area contributed by atoms with Crippen LogP contribution in [0.3, 0.4) is 0 Å². The van der Waals surface area contributed by atoms with Gasteiger partial charge < -0.3 is 14.8 Å². The zero-order chi connectivity index (χ0) is 23.7. The van der Waals surface area contributed by atoms with Crippen molar-refractivity contribution in [2.75, 3.05) is 7.05 Å². The van der Waals surface area contributed by atoms with Crippen molar-refractivity contribution in [3.05, 3.63) is 47.0 Å². The molecule has 0 radical (unpaired) electrons. The first kappa shape index (κ1) is 21.5. The highest BCUT2D eigenvalue weighted by molar-refractivity contribution is 8.12. The second-order valence-corrected chi connectivity index (χ2v) is 9.81. The fraction of sp³-hybridized carbons (Fsp3) is 0.391. The minimum atomic E-state index is -2.77. The summed E-state index contributed by atoms with van der Waals surface area (Å²) in [6.45, 7) is 2.28. The van der Waals surface area contributed by atoms with Gasteiger partial charge in [0.15, 0.2) is 0 Å². The molecule has 176 valence electrons. The first-order valence-corrected chi connectivity index (χ1v) is 12.0. The number of carbonyl (C=O) groups excluding carboxylic acids is 2. The summed E-state index contributed by atoms with van der Waals surface area (Å²) in [7, 11) is 1.77. The lowest BCUT2D eigenvalue weighted by atomic mass is 9.99. The minimum Gasteiger partial charge on any atom is -0.338 e. The number of likely N-dealkylation sites (N-methyl/N-ethyl adjacent to an activating group) is 1. The van der Waals surface area contributed by atoms with Crippen molar-refractivity contribution in [3.63, 3.8) is 0 Å². The Hall–Kier alpha value is -3.05. The molecule has 1 saturated carbocycles. The molecule has 34 heavy (non-hydrogen) atoms. The number of imidazole rings is 1. The molecule has 2 unspecified atom stereocenters. The molecule has 2 aliphatic heterocycles. The van der Waals surface area contributed by atoms with Crippen LogP contribution in [-0.4, -0.2) is 37.6 Å². The lowest BCUT2D eigenvalue weighted by Gasteiger charge is -2.31. The molecular formula is C23H22F2N6O2S. The van der Waals surface area contributed by atoms with Gasteiger partial charge in [0.1, 0.15) is 18.0 Å². The summed E-state index contributed by atoms with van der Waals surface area (Å²) in [5, 5.41) is 2.84. The van der Waals surface area contributed by atoms with Gasteiger partial charge in [-0.25, -0.2) is 23.5 Å². The van der Waals surface area contributed by atoms with Gasteiger partial charge in [-0.2, -0.15) is 0 Å². The quantitative estimate of drug-likeness (QED) is 0.533. The van der Waals surface area contributed by atoms with Gasteiger partial charge in [-0.15, -0.1) is 0 Å². The first-order chi connectivity index (χ1) is 16.3. The van der Waals surface area contributed by atoms with Crippen LogP contribution < -0.4 is 10.0 Å². The number of hydrogen-bond donors (Lipinski definition) is 2. The molecule has 6 rings (SSSR count). The number of nitrogens with one attached hydrogen (secondary N) is 2. The van der Waals surface area contributed by atoms with E-state index >= 15 is 0 Å². The van der Waals surface area contributed by atoms with E-state index in [0.717, 1.165) is 36.3 Å². The molecule has 2 fully saturated rings. The summed E-state index contributed by atoms with van der Waals surface area (Å²) < 4.78 is 33.1. The van der Waals surface area contributed by atoms with E-state index in [0.29, 0.717) is 34.6 Å². The number of halogens is 2. The van der Waals surface area contributed by atoms with E-state index in [-0.39, 0.29) is 28.4 Å². The summed E-state index contributed by atoms with van der Waals surface area (Å²) in [6, 6.07) is 6.56. The molecule has 1 aromatic carbocycles. The van der Waals surface area contributed by atoms with Crippen molar-refractivity contribution in [2.45, 2.75) is 50.9 Å². The number of amides is 2. The highest BCUT2D eigenvalue weighted by Gasteiger charge is 2.38. The topological polar surface area (TPSA) is 92.2 Å². The van der Waals surface area contributed by atoms with Gasteiger partial charge in [0, 0.05) is 41.4 Å². The first-order valence-electron chi connectivity index (χ1n) is 11.1. The van der Waals surface area contributed by atoms with Gasteiger partial charge in [-0.3, -0.25) is 9.59 Å². The van der Waals surface area contributed by atoms with Gasteiger partial charge in [0.2, 0.25) is 5.91 Å². The van der Waals surface area contributed by atoms with Crippen LogP contribution in [0.4, 0.5) is 13.6 Å². The minimum absolute atomic E-state index is 0.0338. The second-order valence-electron chi connectivity index (χ2n) is 9.00. The lowest BCUT2D eigenvalue weighted by molar-refractivity contribution is -0.135. The largest absolute Gasteiger partial charge is 0.338 e. The summed E-state index contributed by atoms with van der Waals surface area (Å²) >= 11 is 0.823. The Bertz CT molecular complexity index is 1350. The van der Waals surface area contributed by atoms with E-state index in [2.05, 4.69) is 15.0 Å². The van der Waals surface area contributed by atoms with Gasteiger partial charge in [0.05, 0.1) is 29.1 Å². The van der Waals surface area contributed by atoms with Crippen molar-refractivity contribution in [1.82, 2.24) is 29.5 Å². The smallest absolute Gasteiger partial charge is 0.295 e. The lowest BCUT2D eigenvalue weighted by Crippen LogP contribution is -2.39. The summed E-state index contributed by atoms with van der Waals surface area (Å²) in [5.74, 6) is 1.24. The molecule has 2 atom stereocenters. The van der Waals surface area contributed by atoms with E-state index in [1.54, 1.807) is 18.0 Å². The number of rotatable bonds is 4. The van der Waals surface area contributed by atoms with Gasteiger partial charge >= 0.3 is 0 Å². The van der Waals surface area contributed by atoms with Crippen LogP contribution in [0.1, 0.15) is 67.1 Å². The maximum atomic E-state index is 14.1. The number of nitrogens with zero attached hydrogens (tertiary/aromatic N) is 4. The van der Waals surface area contributed by atoms with Crippen LogP contribution in [0.15, 0.2) is 24.3 Å². The van der Waals surface area contributed by atoms with Crippen LogP contribution in [-0.2, 0) is 11.3 Å². The van der Waals surface area contributed by atoms with E-state index in [1.807, 2.05) is 23.6 Å². The fourth-order valence-electron chi connectivity index (χ4n) is 4.90. The van der Waals surface area contributed by atoms with E-state index in [1.165, 1.54) is 6.07 Å². The number of carbonyl (C=O) groups is 2. The second kappa shape index (κ2) is 7.74.